The number of carbonyl (C=O) groups excluding carboxylic acids is 3. The molecule has 0 heterocycles. The molecule has 0 saturated heterocycles. The molecule has 0 fully saturated rings. The molecule has 0 aliphatic carbocycles. The largest absolute Gasteiger partial charge is 0.443 e. The van der Waals surface area contributed by atoms with Gasteiger partial charge in [-0.3, -0.25) is 4.79 Å². The zero-order valence-corrected chi connectivity index (χ0v) is 16.9. The molecule has 1 aromatic rings. The Kier molecular flexibility index (Phi) is 7.97. The summed E-state index contributed by atoms with van der Waals surface area (Å²) in [7, 11) is 0. The topological polar surface area (TPSA) is 82.1 Å². The molecule has 0 saturated carbocycles. The Morgan fingerprint density at radius 1 is 0.852 bits per heavy atom. The van der Waals surface area contributed by atoms with E-state index in [9.17, 15) is 14.4 Å². The number of imide groups is 1. The maximum Gasteiger partial charge on any atom is 0.419 e. The third-order valence-electron chi connectivity index (χ3n) is 3.02. The van der Waals surface area contributed by atoms with Crippen LogP contribution in [0.2, 0.25) is 0 Å². The second-order valence-electron chi connectivity index (χ2n) is 7.95. The lowest BCUT2D eigenvalue weighted by atomic mass is 10.1. The van der Waals surface area contributed by atoms with Gasteiger partial charge >= 0.3 is 12.2 Å². The summed E-state index contributed by atoms with van der Waals surface area (Å²) in [6, 6.07) is 8.73. The van der Waals surface area contributed by atoms with Crippen molar-refractivity contribution in [3.63, 3.8) is 0 Å². The first-order valence-corrected chi connectivity index (χ1v) is 8.78. The van der Waals surface area contributed by atoms with E-state index in [1.165, 1.54) is 0 Å². The van der Waals surface area contributed by atoms with Crippen LogP contribution in [-0.4, -0.2) is 53.8 Å². The molecule has 27 heavy (non-hydrogen) atoms. The van der Waals surface area contributed by atoms with Crippen molar-refractivity contribution < 1.29 is 28.6 Å². The van der Waals surface area contributed by atoms with Crippen molar-refractivity contribution in [2.24, 2.45) is 0 Å². The summed E-state index contributed by atoms with van der Waals surface area (Å²) in [6.45, 7) is 9.95. The number of nitrogens with zero attached hydrogens (tertiary/aromatic N) is 1. The molecule has 0 aliphatic rings. The van der Waals surface area contributed by atoms with Gasteiger partial charge < -0.3 is 14.2 Å². The summed E-state index contributed by atoms with van der Waals surface area (Å²) in [5.41, 5.74) is -0.989. The number of amides is 2. The van der Waals surface area contributed by atoms with Crippen LogP contribution in [-0.2, 0) is 14.2 Å². The van der Waals surface area contributed by atoms with Crippen LogP contribution in [0.3, 0.4) is 0 Å². The van der Waals surface area contributed by atoms with Crippen LogP contribution in [0.4, 0.5) is 9.59 Å². The van der Waals surface area contributed by atoms with E-state index in [0.717, 1.165) is 4.90 Å². The standard InChI is InChI=1S/C20H29NO6/c1-19(2,3)26-17(23)21(18(24)27-20(4,5)6)12-13-25-14-16(22)15-10-8-7-9-11-15/h7-11H,12-14H2,1-6H3. The van der Waals surface area contributed by atoms with Gasteiger partial charge in [0, 0.05) is 5.56 Å². The minimum atomic E-state index is -0.824. The molecule has 0 atom stereocenters. The second-order valence-corrected chi connectivity index (χ2v) is 7.95. The maximum absolute atomic E-state index is 12.3. The van der Waals surface area contributed by atoms with Crippen molar-refractivity contribution >= 4 is 18.0 Å². The fourth-order valence-electron chi connectivity index (χ4n) is 1.92. The van der Waals surface area contributed by atoms with Gasteiger partial charge in [0.15, 0.2) is 5.78 Å². The van der Waals surface area contributed by atoms with E-state index in [-0.39, 0.29) is 25.5 Å². The Morgan fingerprint density at radius 2 is 1.33 bits per heavy atom. The molecule has 1 rings (SSSR count). The van der Waals surface area contributed by atoms with Crippen molar-refractivity contribution in [2.45, 2.75) is 52.7 Å². The highest BCUT2D eigenvalue weighted by molar-refractivity contribution is 5.97. The molecule has 150 valence electrons. The van der Waals surface area contributed by atoms with Crippen molar-refractivity contribution in [3.8, 4) is 0 Å². The highest BCUT2D eigenvalue weighted by atomic mass is 16.6. The van der Waals surface area contributed by atoms with Crippen LogP contribution in [0.25, 0.3) is 0 Å². The quantitative estimate of drug-likeness (QED) is 0.548. The molecule has 0 unspecified atom stereocenters. The number of benzene rings is 1. The van der Waals surface area contributed by atoms with Gasteiger partial charge in [0.05, 0.1) is 13.2 Å². The first-order valence-electron chi connectivity index (χ1n) is 8.78. The highest BCUT2D eigenvalue weighted by Gasteiger charge is 2.30. The lowest BCUT2D eigenvalue weighted by molar-refractivity contribution is -0.00395. The van der Waals surface area contributed by atoms with Crippen LogP contribution < -0.4 is 0 Å². The number of ketones is 1. The van der Waals surface area contributed by atoms with Crippen molar-refractivity contribution in [1.82, 2.24) is 4.90 Å². The normalized spacial score (nSPS) is 11.6. The lowest BCUT2D eigenvalue weighted by Crippen LogP contribution is -2.45. The Morgan fingerprint density at radius 3 is 1.78 bits per heavy atom. The molecule has 0 bridgehead atoms. The number of ether oxygens (including phenoxy) is 3. The van der Waals surface area contributed by atoms with Crippen molar-refractivity contribution in [1.29, 1.82) is 0 Å². The molecule has 0 aliphatic heterocycles. The number of hydrogen-bond acceptors (Lipinski definition) is 6. The van der Waals surface area contributed by atoms with Gasteiger partial charge in [-0.05, 0) is 41.5 Å². The van der Waals surface area contributed by atoms with Crippen LogP contribution in [0.5, 0.6) is 0 Å². The van der Waals surface area contributed by atoms with E-state index >= 15 is 0 Å². The minimum absolute atomic E-state index is 0.0168. The Bertz CT molecular complexity index is 615. The molecule has 1 aromatic carbocycles. The third kappa shape index (κ3) is 9.19. The van der Waals surface area contributed by atoms with E-state index in [4.69, 9.17) is 14.2 Å². The number of Topliss-reactive ketones (excluding diaryl/α,β-unsaturated/α-hetero) is 1. The Balaban J connectivity index is 2.64. The van der Waals surface area contributed by atoms with Gasteiger partial charge in [0.1, 0.15) is 17.8 Å². The summed E-state index contributed by atoms with van der Waals surface area (Å²) in [5, 5.41) is 0. The molecule has 0 aromatic heterocycles. The Labute approximate surface area is 160 Å². The molecule has 0 radical (unpaired) electrons. The molecular formula is C20H29NO6. The van der Waals surface area contributed by atoms with Crippen molar-refractivity contribution in [3.05, 3.63) is 35.9 Å². The number of rotatable bonds is 6. The summed E-state index contributed by atoms with van der Waals surface area (Å²) < 4.78 is 15.8. The first-order chi connectivity index (χ1) is 12.4. The summed E-state index contributed by atoms with van der Waals surface area (Å²) >= 11 is 0. The predicted octanol–water partition coefficient (Wildman–Crippen LogP) is 4.06. The van der Waals surface area contributed by atoms with Crippen molar-refractivity contribution in [2.75, 3.05) is 19.8 Å². The van der Waals surface area contributed by atoms with Crippen LogP contribution in [0, 0.1) is 0 Å². The summed E-state index contributed by atoms with van der Waals surface area (Å²) in [4.78, 5) is 37.5. The monoisotopic (exact) mass is 379 g/mol. The van der Waals surface area contributed by atoms with Gasteiger partial charge in [-0.25, -0.2) is 14.5 Å². The number of carbonyl (C=O) groups is 3. The van der Waals surface area contributed by atoms with E-state index < -0.39 is 23.4 Å². The predicted molar refractivity (Wildman–Crippen MR) is 101 cm³/mol. The zero-order chi connectivity index (χ0) is 20.7. The van der Waals surface area contributed by atoms with Crippen LogP contribution >= 0.6 is 0 Å². The second kappa shape index (κ2) is 9.50. The third-order valence-corrected chi connectivity index (χ3v) is 3.02. The van der Waals surface area contributed by atoms with E-state index in [0.29, 0.717) is 5.56 Å². The fourth-order valence-corrected chi connectivity index (χ4v) is 1.92. The highest BCUT2D eigenvalue weighted by Crippen LogP contribution is 2.14. The maximum atomic E-state index is 12.3. The fraction of sp³-hybridized carbons (Fsp3) is 0.550. The van der Waals surface area contributed by atoms with E-state index in [2.05, 4.69) is 0 Å². The van der Waals surface area contributed by atoms with Gasteiger partial charge in [-0.2, -0.15) is 0 Å². The first kappa shape index (κ1) is 22.6. The van der Waals surface area contributed by atoms with E-state index in [1.54, 1.807) is 65.8 Å². The molecular weight excluding hydrogens is 350 g/mol. The van der Waals surface area contributed by atoms with Crippen LogP contribution in [0.1, 0.15) is 51.9 Å². The van der Waals surface area contributed by atoms with Gasteiger partial charge in [-0.15, -0.1) is 0 Å². The SMILES string of the molecule is CC(C)(C)OC(=O)N(CCOCC(=O)c1ccccc1)C(=O)OC(C)(C)C. The van der Waals surface area contributed by atoms with Gasteiger partial charge in [0.2, 0.25) is 0 Å². The summed E-state index contributed by atoms with van der Waals surface area (Å²) in [6.07, 6.45) is -1.65. The molecule has 7 heteroatoms. The van der Waals surface area contributed by atoms with Gasteiger partial charge in [-0.1, -0.05) is 30.3 Å². The molecule has 7 nitrogen and oxygen atoms in total. The van der Waals surface area contributed by atoms with E-state index in [1.807, 2.05) is 6.07 Å². The average molecular weight is 379 g/mol. The zero-order valence-electron chi connectivity index (χ0n) is 16.9. The van der Waals surface area contributed by atoms with Gasteiger partial charge in [0.25, 0.3) is 0 Å². The minimum Gasteiger partial charge on any atom is -0.443 e. The lowest BCUT2D eigenvalue weighted by Gasteiger charge is -2.28. The molecule has 0 spiro atoms. The van der Waals surface area contributed by atoms with Crippen LogP contribution in [0.15, 0.2) is 30.3 Å². The number of hydrogen-bond donors (Lipinski definition) is 0. The Hall–Kier alpha value is -2.41. The smallest absolute Gasteiger partial charge is 0.419 e. The molecule has 2 amide bonds. The summed E-state index contributed by atoms with van der Waals surface area (Å²) in [5.74, 6) is -0.184. The molecule has 0 N–H and O–H groups in total. The average Bonchev–Trinajstić information content (AvgIpc) is 2.51.